The number of rotatable bonds is 7. The first-order chi connectivity index (χ1) is 10.7. The fourth-order valence-corrected chi connectivity index (χ4v) is 1.60. The molecule has 0 bridgehead atoms. The average molecular weight is 324 g/mol. The SMILES string of the molecule is CC(Nc1ccc(OCCNC(=O)OC(C)(C)C)cc1)C(=O)O. The minimum atomic E-state index is -0.918. The van der Waals surface area contributed by atoms with Gasteiger partial charge in [-0.25, -0.2) is 4.79 Å². The molecular weight excluding hydrogens is 300 g/mol. The normalized spacial score (nSPS) is 12.2. The molecule has 23 heavy (non-hydrogen) atoms. The number of alkyl carbamates (subject to hydrolysis) is 1. The summed E-state index contributed by atoms with van der Waals surface area (Å²) in [5.41, 5.74) is 0.167. The number of anilines is 1. The third-order valence-corrected chi connectivity index (χ3v) is 2.65. The van der Waals surface area contributed by atoms with E-state index in [1.54, 1.807) is 52.0 Å². The highest BCUT2D eigenvalue weighted by Crippen LogP contribution is 2.16. The summed E-state index contributed by atoms with van der Waals surface area (Å²) in [5.74, 6) is -0.289. The third-order valence-electron chi connectivity index (χ3n) is 2.65. The summed E-state index contributed by atoms with van der Waals surface area (Å²) in [6.07, 6.45) is -0.483. The molecule has 0 spiro atoms. The summed E-state index contributed by atoms with van der Waals surface area (Å²) in [5, 5.41) is 14.3. The number of carboxylic acids is 1. The molecule has 7 heteroatoms. The van der Waals surface area contributed by atoms with Crippen molar-refractivity contribution < 1.29 is 24.2 Å². The number of benzene rings is 1. The van der Waals surface area contributed by atoms with Crippen LogP contribution in [0.1, 0.15) is 27.7 Å². The topological polar surface area (TPSA) is 96.9 Å². The van der Waals surface area contributed by atoms with E-state index in [0.717, 1.165) is 0 Å². The van der Waals surface area contributed by atoms with Gasteiger partial charge in [-0.1, -0.05) is 0 Å². The molecule has 0 aliphatic rings. The van der Waals surface area contributed by atoms with E-state index in [4.69, 9.17) is 14.6 Å². The molecular formula is C16H24N2O5. The lowest BCUT2D eigenvalue weighted by Crippen LogP contribution is -2.34. The molecule has 0 radical (unpaired) electrons. The Morgan fingerprint density at radius 1 is 1.22 bits per heavy atom. The number of aliphatic carboxylic acids is 1. The predicted octanol–water partition coefficient (Wildman–Crippen LogP) is 2.48. The van der Waals surface area contributed by atoms with Crippen LogP contribution in [0.3, 0.4) is 0 Å². The molecule has 7 nitrogen and oxygen atoms in total. The van der Waals surface area contributed by atoms with Gasteiger partial charge in [0.1, 0.15) is 24.0 Å². The molecule has 1 aromatic carbocycles. The maximum absolute atomic E-state index is 11.4. The van der Waals surface area contributed by atoms with E-state index < -0.39 is 23.7 Å². The molecule has 0 aliphatic carbocycles. The molecule has 0 aromatic heterocycles. The van der Waals surface area contributed by atoms with Crippen LogP contribution in [0.15, 0.2) is 24.3 Å². The fraction of sp³-hybridized carbons (Fsp3) is 0.500. The van der Waals surface area contributed by atoms with Gasteiger partial charge in [0.15, 0.2) is 0 Å². The van der Waals surface area contributed by atoms with Gasteiger partial charge in [-0.15, -0.1) is 0 Å². The molecule has 0 aliphatic heterocycles. The number of hydrogen-bond donors (Lipinski definition) is 3. The van der Waals surface area contributed by atoms with Gasteiger partial charge in [-0.2, -0.15) is 0 Å². The number of ether oxygens (including phenoxy) is 2. The van der Waals surface area contributed by atoms with E-state index in [-0.39, 0.29) is 0 Å². The molecule has 0 saturated heterocycles. The Morgan fingerprint density at radius 2 is 1.83 bits per heavy atom. The number of nitrogens with one attached hydrogen (secondary N) is 2. The number of amides is 1. The van der Waals surface area contributed by atoms with Crippen LogP contribution in [0.4, 0.5) is 10.5 Å². The van der Waals surface area contributed by atoms with Gasteiger partial charge in [0.05, 0.1) is 6.54 Å². The van der Waals surface area contributed by atoms with E-state index in [2.05, 4.69) is 10.6 Å². The minimum Gasteiger partial charge on any atom is -0.492 e. The molecule has 1 amide bonds. The maximum Gasteiger partial charge on any atom is 0.407 e. The fourth-order valence-electron chi connectivity index (χ4n) is 1.60. The maximum atomic E-state index is 11.4. The average Bonchev–Trinajstić information content (AvgIpc) is 2.43. The zero-order valence-corrected chi connectivity index (χ0v) is 13.9. The summed E-state index contributed by atoms with van der Waals surface area (Å²) in [7, 11) is 0. The van der Waals surface area contributed by atoms with E-state index in [1.807, 2.05) is 0 Å². The molecule has 1 rings (SSSR count). The number of carboxylic acid groups (broad SMARTS) is 1. The molecule has 1 atom stereocenters. The summed E-state index contributed by atoms with van der Waals surface area (Å²) in [4.78, 5) is 22.2. The highest BCUT2D eigenvalue weighted by molar-refractivity contribution is 5.76. The quantitative estimate of drug-likeness (QED) is 0.667. The highest BCUT2D eigenvalue weighted by atomic mass is 16.6. The van der Waals surface area contributed by atoms with Crippen molar-refractivity contribution in [1.82, 2.24) is 5.32 Å². The van der Waals surface area contributed by atoms with Crippen LogP contribution in [0.5, 0.6) is 5.75 Å². The van der Waals surface area contributed by atoms with Crippen LogP contribution in [0.25, 0.3) is 0 Å². The minimum absolute atomic E-state index is 0.303. The van der Waals surface area contributed by atoms with Gasteiger partial charge >= 0.3 is 12.1 Å². The smallest absolute Gasteiger partial charge is 0.407 e. The predicted molar refractivity (Wildman–Crippen MR) is 86.9 cm³/mol. The number of carbonyl (C=O) groups excluding carboxylic acids is 1. The number of carbonyl (C=O) groups is 2. The van der Waals surface area contributed by atoms with Crippen molar-refractivity contribution in [3.05, 3.63) is 24.3 Å². The second-order valence-corrected chi connectivity index (χ2v) is 6.01. The Bertz CT molecular complexity index is 522. The zero-order chi connectivity index (χ0) is 17.5. The zero-order valence-electron chi connectivity index (χ0n) is 13.9. The molecule has 1 aromatic rings. The van der Waals surface area contributed by atoms with Crippen molar-refractivity contribution in [2.24, 2.45) is 0 Å². The molecule has 128 valence electrons. The molecule has 1 unspecified atom stereocenters. The van der Waals surface area contributed by atoms with Crippen LogP contribution in [-0.2, 0) is 9.53 Å². The lowest BCUT2D eigenvalue weighted by atomic mass is 10.2. The Morgan fingerprint density at radius 3 is 2.35 bits per heavy atom. The number of hydrogen-bond acceptors (Lipinski definition) is 5. The first-order valence-corrected chi connectivity index (χ1v) is 7.36. The Kier molecular flexibility index (Phi) is 6.68. The standard InChI is InChI=1S/C16H24N2O5/c1-11(14(19)20)18-12-5-7-13(8-6-12)22-10-9-17-15(21)23-16(2,3)4/h5-8,11,18H,9-10H2,1-4H3,(H,17,21)(H,19,20). The molecule has 0 saturated carbocycles. The van der Waals surface area contributed by atoms with Gasteiger partial charge in [0.2, 0.25) is 0 Å². The first kappa shape index (κ1) is 18.6. The van der Waals surface area contributed by atoms with E-state index in [0.29, 0.717) is 24.6 Å². The van der Waals surface area contributed by atoms with E-state index in [1.165, 1.54) is 0 Å². The van der Waals surface area contributed by atoms with Gasteiger partial charge in [-0.05, 0) is 52.0 Å². The van der Waals surface area contributed by atoms with Crippen LogP contribution < -0.4 is 15.4 Å². The Hall–Kier alpha value is -2.44. The van der Waals surface area contributed by atoms with Crippen LogP contribution in [0, 0.1) is 0 Å². The molecule has 0 fully saturated rings. The van der Waals surface area contributed by atoms with Gasteiger partial charge in [0.25, 0.3) is 0 Å². The van der Waals surface area contributed by atoms with Crippen LogP contribution in [-0.4, -0.2) is 42.0 Å². The monoisotopic (exact) mass is 324 g/mol. The van der Waals surface area contributed by atoms with Crippen molar-refractivity contribution in [3.8, 4) is 5.75 Å². The molecule has 0 heterocycles. The second-order valence-electron chi connectivity index (χ2n) is 6.01. The third kappa shape index (κ3) is 7.94. The Labute approximate surface area is 136 Å². The van der Waals surface area contributed by atoms with Crippen molar-refractivity contribution in [3.63, 3.8) is 0 Å². The summed E-state index contributed by atoms with van der Waals surface area (Å²) < 4.78 is 10.6. The summed E-state index contributed by atoms with van der Waals surface area (Å²) in [6.45, 7) is 7.58. The highest BCUT2D eigenvalue weighted by Gasteiger charge is 2.15. The van der Waals surface area contributed by atoms with Gasteiger partial charge in [-0.3, -0.25) is 4.79 Å². The van der Waals surface area contributed by atoms with E-state index in [9.17, 15) is 9.59 Å². The van der Waals surface area contributed by atoms with Gasteiger partial charge in [0, 0.05) is 5.69 Å². The van der Waals surface area contributed by atoms with E-state index >= 15 is 0 Å². The summed E-state index contributed by atoms with van der Waals surface area (Å²) in [6, 6.07) is 6.25. The lowest BCUT2D eigenvalue weighted by molar-refractivity contribution is -0.137. The lowest BCUT2D eigenvalue weighted by Gasteiger charge is -2.19. The van der Waals surface area contributed by atoms with Crippen molar-refractivity contribution in [2.75, 3.05) is 18.5 Å². The van der Waals surface area contributed by atoms with Crippen LogP contribution >= 0.6 is 0 Å². The molecule has 3 N–H and O–H groups in total. The summed E-state index contributed by atoms with van der Waals surface area (Å²) >= 11 is 0. The van der Waals surface area contributed by atoms with Crippen molar-refractivity contribution in [1.29, 1.82) is 0 Å². The van der Waals surface area contributed by atoms with Crippen LogP contribution in [0.2, 0.25) is 0 Å². The van der Waals surface area contributed by atoms with Crippen molar-refractivity contribution >= 4 is 17.7 Å². The van der Waals surface area contributed by atoms with Crippen molar-refractivity contribution in [2.45, 2.75) is 39.3 Å². The largest absolute Gasteiger partial charge is 0.492 e. The van der Waals surface area contributed by atoms with Gasteiger partial charge < -0.3 is 25.2 Å². The Balaban J connectivity index is 2.31. The first-order valence-electron chi connectivity index (χ1n) is 7.36. The second kappa shape index (κ2) is 8.26.